The number of nitrogens with zero attached hydrogens (tertiary/aromatic N) is 2. The molecule has 1 atom stereocenters. The number of nitrogens with one attached hydrogen (secondary N) is 1. The number of halogens is 2. The van der Waals surface area contributed by atoms with Crippen LogP contribution < -0.4 is 9.62 Å². The number of carbonyl (C=O) groups excluding carboxylic acids is 2. The number of sulfonamides is 1. The summed E-state index contributed by atoms with van der Waals surface area (Å²) in [5.74, 6) is -1.20. The van der Waals surface area contributed by atoms with Gasteiger partial charge in [0.25, 0.3) is 0 Å². The maximum Gasteiger partial charge on any atom is 0.242 e. The predicted molar refractivity (Wildman–Crippen MR) is 135 cm³/mol. The van der Waals surface area contributed by atoms with E-state index in [1.807, 2.05) is 31.2 Å². The number of para-hydroxylation sites is 1. The molecule has 2 amide bonds. The molecule has 2 aromatic rings. The van der Waals surface area contributed by atoms with Crippen LogP contribution in [0, 0.1) is 5.82 Å². The Labute approximate surface area is 209 Å². The first kappa shape index (κ1) is 27.8. The predicted octanol–water partition coefficient (Wildman–Crippen LogP) is 4.08. The molecule has 7 nitrogen and oxygen atoms in total. The number of hydrogen-bond acceptors (Lipinski definition) is 4. The summed E-state index contributed by atoms with van der Waals surface area (Å²) in [4.78, 5) is 27.2. The normalized spacial score (nSPS) is 12.1. The molecule has 0 spiro atoms. The van der Waals surface area contributed by atoms with Crippen molar-refractivity contribution >= 4 is 43.5 Å². The Morgan fingerprint density at radius 3 is 2.35 bits per heavy atom. The molecule has 0 saturated heterocycles. The summed E-state index contributed by atoms with van der Waals surface area (Å²) in [6.07, 6.45) is 1.94. The van der Waals surface area contributed by atoms with Gasteiger partial charge in [0.2, 0.25) is 21.8 Å². The van der Waals surface area contributed by atoms with Crippen LogP contribution in [-0.4, -0.2) is 50.5 Å². The van der Waals surface area contributed by atoms with Gasteiger partial charge in [0.15, 0.2) is 0 Å². The molecule has 0 aliphatic rings. The number of hydrogen-bond donors (Lipinski definition) is 1. The summed E-state index contributed by atoms with van der Waals surface area (Å²) in [5, 5.41) is 2.81. The summed E-state index contributed by atoms with van der Waals surface area (Å²) in [6.45, 7) is 4.29. The summed E-state index contributed by atoms with van der Waals surface area (Å²) in [7, 11) is -3.75. The second kappa shape index (κ2) is 12.9. The highest BCUT2D eigenvalue weighted by molar-refractivity contribution is 9.10. The Morgan fingerprint density at radius 1 is 1.12 bits per heavy atom. The van der Waals surface area contributed by atoms with Crippen LogP contribution in [0.2, 0.25) is 0 Å². The van der Waals surface area contributed by atoms with Crippen LogP contribution in [0.3, 0.4) is 0 Å². The number of anilines is 1. The van der Waals surface area contributed by atoms with E-state index in [2.05, 4.69) is 21.2 Å². The monoisotopic (exact) mass is 555 g/mol. The lowest BCUT2D eigenvalue weighted by Gasteiger charge is -2.29. The van der Waals surface area contributed by atoms with Gasteiger partial charge in [-0.15, -0.1) is 0 Å². The molecule has 34 heavy (non-hydrogen) atoms. The third-order valence-corrected chi connectivity index (χ3v) is 6.96. The van der Waals surface area contributed by atoms with Crippen molar-refractivity contribution < 1.29 is 22.4 Å². The lowest BCUT2D eigenvalue weighted by Crippen LogP contribution is -2.47. The van der Waals surface area contributed by atoms with Crippen molar-refractivity contribution in [2.24, 2.45) is 0 Å². The number of carbonyl (C=O) groups is 2. The van der Waals surface area contributed by atoms with Crippen molar-refractivity contribution in [2.45, 2.75) is 45.7 Å². The second-order valence-electron chi connectivity index (χ2n) is 8.01. The largest absolute Gasteiger partial charge is 0.354 e. The van der Waals surface area contributed by atoms with Crippen LogP contribution in [0.25, 0.3) is 0 Å². The summed E-state index contributed by atoms with van der Waals surface area (Å²) in [6, 6.07) is 12.4. The van der Waals surface area contributed by atoms with Gasteiger partial charge < -0.3 is 10.2 Å². The lowest BCUT2D eigenvalue weighted by molar-refractivity contribution is -0.140. The van der Waals surface area contributed by atoms with Gasteiger partial charge in [0.1, 0.15) is 11.9 Å². The second-order valence-corrected chi connectivity index (χ2v) is 10.8. The van der Waals surface area contributed by atoms with Gasteiger partial charge >= 0.3 is 0 Å². The van der Waals surface area contributed by atoms with Crippen LogP contribution in [0.4, 0.5) is 10.1 Å². The van der Waals surface area contributed by atoms with Crippen molar-refractivity contribution in [1.82, 2.24) is 10.2 Å². The van der Waals surface area contributed by atoms with E-state index in [1.165, 1.54) is 23.1 Å². The topological polar surface area (TPSA) is 86.8 Å². The third kappa shape index (κ3) is 8.09. The van der Waals surface area contributed by atoms with Crippen molar-refractivity contribution in [1.29, 1.82) is 0 Å². The third-order valence-electron chi connectivity index (χ3n) is 5.26. The van der Waals surface area contributed by atoms with Crippen molar-refractivity contribution in [3.05, 3.63) is 64.4 Å². The van der Waals surface area contributed by atoms with Crippen molar-refractivity contribution in [2.75, 3.05) is 23.7 Å². The highest BCUT2D eigenvalue weighted by Gasteiger charge is 2.27. The van der Waals surface area contributed by atoms with E-state index < -0.39 is 21.9 Å². The molecule has 2 rings (SSSR count). The van der Waals surface area contributed by atoms with Crippen LogP contribution in [-0.2, 0) is 26.2 Å². The van der Waals surface area contributed by atoms with Crippen molar-refractivity contribution in [3.8, 4) is 0 Å². The van der Waals surface area contributed by atoms with Crippen LogP contribution in [0.15, 0.2) is 53.0 Å². The minimum atomic E-state index is -3.75. The van der Waals surface area contributed by atoms with Crippen molar-refractivity contribution in [3.63, 3.8) is 0 Å². The molecule has 0 radical (unpaired) electrons. The SMILES string of the molecule is CCCNC(=O)[C@H](C)N(Cc1ccc(Br)cc1)C(=O)CCCN(c1ccccc1F)S(C)(=O)=O. The molecule has 0 heterocycles. The smallest absolute Gasteiger partial charge is 0.242 e. The van der Waals surface area contributed by atoms with Crippen LogP contribution in [0.1, 0.15) is 38.7 Å². The van der Waals surface area contributed by atoms with Gasteiger partial charge in [0, 0.05) is 30.5 Å². The van der Waals surface area contributed by atoms with E-state index in [0.29, 0.717) is 6.54 Å². The molecule has 186 valence electrons. The van der Waals surface area contributed by atoms with E-state index in [0.717, 1.165) is 27.0 Å². The highest BCUT2D eigenvalue weighted by Crippen LogP contribution is 2.22. The molecule has 0 saturated carbocycles. The van der Waals surface area contributed by atoms with Crippen LogP contribution >= 0.6 is 15.9 Å². The van der Waals surface area contributed by atoms with Gasteiger partial charge in [-0.1, -0.05) is 47.1 Å². The summed E-state index contributed by atoms with van der Waals surface area (Å²) in [5.41, 5.74) is 0.798. The highest BCUT2D eigenvalue weighted by atomic mass is 79.9. The molecule has 0 unspecified atom stereocenters. The molecular formula is C24H31BrFN3O4S. The quantitative estimate of drug-likeness (QED) is 0.427. The number of amides is 2. The Balaban J connectivity index is 2.15. The first-order valence-corrected chi connectivity index (χ1v) is 13.7. The average molecular weight is 556 g/mol. The minimum absolute atomic E-state index is 0.00238. The molecule has 0 aliphatic carbocycles. The molecule has 10 heteroatoms. The molecule has 0 aromatic heterocycles. The maximum absolute atomic E-state index is 14.2. The van der Waals surface area contributed by atoms with E-state index in [1.54, 1.807) is 13.0 Å². The van der Waals surface area contributed by atoms with Crippen LogP contribution in [0.5, 0.6) is 0 Å². The zero-order valence-corrected chi connectivity index (χ0v) is 22.0. The standard InChI is InChI=1S/C24H31BrFN3O4S/c1-4-15-27-24(31)18(2)28(17-19-11-13-20(25)14-12-19)23(30)10-7-16-29(34(3,32)33)22-9-6-5-8-21(22)26/h5-6,8-9,11-14,18H,4,7,10,15-17H2,1-3H3,(H,27,31)/t18-/m0/s1. The van der Waals surface area contributed by atoms with E-state index >= 15 is 0 Å². The molecule has 1 N–H and O–H groups in total. The lowest BCUT2D eigenvalue weighted by atomic mass is 10.1. The van der Waals surface area contributed by atoms with Gasteiger partial charge in [-0.2, -0.15) is 0 Å². The summed E-state index contributed by atoms with van der Waals surface area (Å²) >= 11 is 3.38. The van der Waals surface area contributed by atoms with Gasteiger partial charge in [-0.3, -0.25) is 13.9 Å². The van der Waals surface area contributed by atoms with E-state index in [-0.39, 0.29) is 43.4 Å². The van der Waals surface area contributed by atoms with E-state index in [4.69, 9.17) is 0 Å². The fourth-order valence-electron chi connectivity index (χ4n) is 3.40. The van der Waals surface area contributed by atoms with Gasteiger partial charge in [-0.25, -0.2) is 12.8 Å². The first-order chi connectivity index (χ1) is 16.0. The Hall–Kier alpha value is -2.46. The number of benzene rings is 2. The first-order valence-electron chi connectivity index (χ1n) is 11.1. The summed E-state index contributed by atoms with van der Waals surface area (Å²) < 4.78 is 40.6. The number of rotatable bonds is 12. The maximum atomic E-state index is 14.2. The molecule has 0 fully saturated rings. The molecule has 0 bridgehead atoms. The fourth-order valence-corrected chi connectivity index (χ4v) is 4.63. The van der Waals surface area contributed by atoms with E-state index in [9.17, 15) is 22.4 Å². The molecule has 0 aliphatic heterocycles. The van der Waals surface area contributed by atoms with Gasteiger partial charge in [-0.05, 0) is 49.6 Å². The molecule has 2 aromatic carbocycles. The fraction of sp³-hybridized carbons (Fsp3) is 0.417. The minimum Gasteiger partial charge on any atom is -0.354 e. The van der Waals surface area contributed by atoms with Gasteiger partial charge in [0.05, 0.1) is 11.9 Å². The Kier molecular flexibility index (Phi) is 10.5. The average Bonchev–Trinajstić information content (AvgIpc) is 2.79. The Morgan fingerprint density at radius 2 is 1.76 bits per heavy atom. The zero-order valence-electron chi connectivity index (χ0n) is 19.6. The molecular weight excluding hydrogens is 525 g/mol. The Bertz CT molecular complexity index is 1080. The zero-order chi connectivity index (χ0) is 25.3.